The Morgan fingerprint density at radius 2 is 1.96 bits per heavy atom. The van der Waals surface area contributed by atoms with Crippen molar-refractivity contribution in [2.45, 2.75) is 83.8 Å². The van der Waals surface area contributed by atoms with Gasteiger partial charge in [0.25, 0.3) is 0 Å². The third-order valence-corrected chi connectivity index (χ3v) is 4.56. The summed E-state index contributed by atoms with van der Waals surface area (Å²) in [6.07, 6.45) is 19.2. The van der Waals surface area contributed by atoms with Crippen LogP contribution in [0.2, 0.25) is 0 Å². The zero-order chi connectivity index (χ0) is 16.9. The molecule has 0 amide bonds. The van der Waals surface area contributed by atoms with Crippen molar-refractivity contribution in [2.75, 3.05) is 7.11 Å². The van der Waals surface area contributed by atoms with Crippen molar-refractivity contribution in [1.82, 2.24) is 0 Å². The predicted molar refractivity (Wildman–Crippen MR) is 95.3 cm³/mol. The van der Waals surface area contributed by atoms with E-state index >= 15 is 0 Å². The first-order chi connectivity index (χ1) is 11.2. The molecule has 0 N–H and O–H groups in total. The Morgan fingerprint density at radius 3 is 2.70 bits per heavy atom. The molecule has 0 spiro atoms. The predicted octanol–water partition coefficient (Wildman–Crippen LogP) is 5.21. The molecule has 3 nitrogen and oxygen atoms in total. The Bertz CT molecular complexity index is 373. The molecule has 132 valence electrons. The molecule has 3 atom stereocenters. The van der Waals surface area contributed by atoms with Crippen LogP contribution >= 0.6 is 0 Å². The average molecular weight is 322 g/mol. The van der Waals surface area contributed by atoms with E-state index in [1.54, 1.807) is 6.08 Å². The van der Waals surface area contributed by atoms with Gasteiger partial charge in [-0.25, -0.2) is 4.79 Å². The minimum absolute atomic E-state index is 0.310. The summed E-state index contributed by atoms with van der Waals surface area (Å²) in [6, 6.07) is 0. The second-order valence-corrected chi connectivity index (χ2v) is 6.60. The van der Waals surface area contributed by atoms with Crippen LogP contribution in [0, 0.1) is 5.92 Å². The van der Waals surface area contributed by atoms with Crippen LogP contribution in [-0.2, 0) is 14.3 Å². The van der Waals surface area contributed by atoms with E-state index in [9.17, 15) is 4.79 Å². The normalized spacial score (nSPS) is 24.7. The largest absolute Gasteiger partial charge is 0.466 e. The van der Waals surface area contributed by atoms with Gasteiger partial charge in [-0.3, -0.25) is 0 Å². The van der Waals surface area contributed by atoms with Gasteiger partial charge in [0.2, 0.25) is 0 Å². The lowest BCUT2D eigenvalue weighted by molar-refractivity contribution is -0.134. The van der Waals surface area contributed by atoms with Gasteiger partial charge in [-0.1, -0.05) is 57.8 Å². The molecule has 3 unspecified atom stereocenters. The molecule has 0 aliphatic carbocycles. The summed E-state index contributed by atoms with van der Waals surface area (Å²) < 4.78 is 10.8. The SMILES string of the molecule is CCCCCC1CC(C)C(CCCC/C=C/C=C/C(=O)OC)O1. The number of hydrogen-bond donors (Lipinski definition) is 0. The minimum Gasteiger partial charge on any atom is -0.466 e. The smallest absolute Gasteiger partial charge is 0.330 e. The second kappa shape index (κ2) is 12.3. The fourth-order valence-corrected chi connectivity index (χ4v) is 3.15. The van der Waals surface area contributed by atoms with Crippen molar-refractivity contribution in [3.63, 3.8) is 0 Å². The van der Waals surface area contributed by atoms with Crippen LogP contribution in [-0.4, -0.2) is 25.3 Å². The molecular weight excluding hydrogens is 288 g/mol. The highest BCUT2D eigenvalue weighted by molar-refractivity contribution is 5.82. The zero-order valence-electron chi connectivity index (χ0n) is 15.1. The number of methoxy groups -OCH3 is 1. The third kappa shape index (κ3) is 8.95. The molecule has 1 heterocycles. The maximum Gasteiger partial charge on any atom is 0.330 e. The number of allylic oxidation sites excluding steroid dienone is 3. The van der Waals surface area contributed by atoms with Crippen LogP contribution in [0.5, 0.6) is 0 Å². The monoisotopic (exact) mass is 322 g/mol. The second-order valence-electron chi connectivity index (χ2n) is 6.60. The van der Waals surface area contributed by atoms with Crippen LogP contribution in [0.25, 0.3) is 0 Å². The number of rotatable bonds is 11. The lowest BCUT2D eigenvalue weighted by Crippen LogP contribution is -2.14. The van der Waals surface area contributed by atoms with Crippen molar-refractivity contribution in [3.05, 3.63) is 24.3 Å². The maximum absolute atomic E-state index is 10.9. The first-order valence-corrected chi connectivity index (χ1v) is 9.24. The van der Waals surface area contributed by atoms with Crippen molar-refractivity contribution in [3.8, 4) is 0 Å². The van der Waals surface area contributed by atoms with Gasteiger partial charge in [-0.2, -0.15) is 0 Å². The van der Waals surface area contributed by atoms with E-state index in [1.165, 1.54) is 64.6 Å². The van der Waals surface area contributed by atoms with E-state index in [0.717, 1.165) is 6.42 Å². The minimum atomic E-state index is -0.310. The lowest BCUT2D eigenvalue weighted by Gasteiger charge is -2.15. The summed E-state index contributed by atoms with van der Waals surface area (Å²) in [5.74, 6) is 0.399. The van der Waals surface area contributed by atoms with Gasteiger partial charge in [0, 0.05) is 6.08 Å². The van der Waals surface area contributed by atoms with Crippen LogP contribution in [0.1, 0.15) is 71.6 Å². The van der Waals surface area contributed by atoms with Crippen molar-refractivity contribution in [1.29, 1.82) is 0 Å². The number of carbonyl (C=O) groups is 1. The number of unbranched alkanes of at least 4 members (excludes halogenated alkanes) is 4. The molecule has 1 rings (SSSR count). The molecule has 1 aliphatic heterocycles. The molecule has 3 heteroatoms. The van der Waals surface area contributed by atoms with Gasteiger partial charge in [-0.05, 0) is 38.0 Å². The summed E-state index contributed by atoms with van der Waals surface area (Å²) in [7, 11) is 1.39. The number of carbonyl (C=O) groups excluding carboxylic acids is 1. The summed E-state index contributed by atoms with van der Waals surface area (Å²) in [5.41, 5.74) is 0. The van der Waals surface area contributed by atoms with Crippen LogP contribution in [0.4, 0.5) is 0 Å². The molecule has 0 radical (unpaired) electrons. The number of hydrogen-bond acceptors (Lipinski definition) is 3. The first-order valence-electron chi connectivity index (χ1n) is 9.24. The fraction of sp³-hybridized carbons (Fsp3) is 0.750. The van der Waals surface area contributed by atoms with E-state index in [4.69, 9.17) is 4.74 Å². The topological polar surface area (TPSA) is 35.5 Å². The van der Waals surface area contributed by atoms with E-state index < -0.39 is 0 Å². The molecule has 0 bridgehead atoms. The van der Waals surface area contributed by atoms with E-state index in [1.807, 2.05) is 6.08 Å². The molecule has 1 aliphatic rings. The maximum atomic E-state index is 10.9. The van der Waals surface area contributed by atoms with Crippen molar-refractivity contribution in [2.24, 2.45) is 5.92 Å². The molecule has 1 saturated heterocycles. The Kier molecular flexibility index (Phi) is 10.7. The Hall–Kier alpha value is -1.09. The van der Waals surface area contributed by atoms with Crippen LogP contribution in [0.3, 0.4) is 0 Å². The van der Waals surface area contributed by atoms with Crippen molar-refractivity contribution >= 4 is 5.97 Å². The van der Waals surface area contributed by atoms with E-state index in [-0.39, 0.29) is 5.97 Å². The first kappa shape index (κ1) is 20.0. The highest BCUT2D eigenvalue weighted by Crippen LogP contribution is 2.32. The van der Waals surface area contributed by atoms with Gasteiger partial charge in [0.15, 0.2) is 0 Å². The van der Waals surface area contributed by atoms with Gasteiger partial charge in [0.05, 0.1) is 19.3 Å². The summed E-state index contributed by atoms with van der Waals surface area (Å²) >= 11 is 0. The molecule has 0 aromatic heterocycles. The Morgan fingerprint density at radius 1 is 1.17 bits per heavy atom. The molecular formula is C20H34O3. The number of esters is 1. The van der Waals surface area contributed by atoms with E-state index in [0.29, 0.717) is 18.1 Å². The molecule has 0 aromatic carbocycles. The number of ether oxygens (including phenoxy) is 2. The third-order valence-electron chi connectivity index (χ3n) is 4.56. The van der Waals surface area contributed by atoms with Crippen LogP contribution < -0.4 is 0 Å². The molecule has 0 saturated carbocycles. The van der Waals surface area contributed by atoms with Gasteiger partial charge in [0.1, 0.15) is 0 Å². The highest BCUT2D eigenvalue weighted by Gasteiger charge is 2.30. The van der Waals surface area contributed by atoms with Gasteiger partial charge in [-0.15, -0.1) is 0 Å². The van der Waals surface area contributed by atoms with Crippen LogP contribution in [0.15, 0.2) is 24.3 Å². The standard InChI is InChI=1S/C20H34O3/c1-4-5-10-13-18-16-17(2)19(23-18)14-11-8-6-7-9-12-15-20(21)22-3/h7,9,12,15,17-19H,4-6,8,10-11,13-14,16H2,1-3H3/b9-7+,15-12+. The fourth-order valence-electron chi connectivity index (χ4n) is 3.15. The Balaban J connectivity index is 2.08. The lowest BCUT2D eigenvalue weighted by atomic mass is 9.96. The van der Waals surface area contributed by atoms with Gasteiger partial charge < -0.3 is 9.47 Å². The zero-order valence-corrected chi connectivity index (χ0v) is 15.1. The van der Waals surface area contributed by atoms with Crippen molar-refractivity contribution < 1.29 is 14.3 Å². The molecule has 1 fully saturated rings. The van der Waals surface area contributed by atoms with Gasteiger partial charge >= 0.3 is 5.97 Å². The van der Waals surface area contributed by atoms with E-state index in [2.05, 4.69) is 24.7 Å². The molecule has 23 heavy (non-hydrogen) atoms. The highest BCUT2D eigenvalue weighted by atomic mass is 16.5. The summed E-state index contributed by atoms with van der Waals surface area (Å²) in [4.78, 5) is 10.9. The average Bonchev–Trinajstić information content (AvgIpc) is 2.90. The quantitative estimate of drug-likeness (QED) is 0.227. The summed E-state index contributed by atoms with van der Waals surface area (Å²) in [5, 5.41) is 0. The molecule has 0 aromatic rings. The Labute approximate surface area is 142 Å². The summed E-state index contributed by atoms with van der Waals surface area (Å²) in [6.45, 7) is 4.59.